The normalized spacial score (nSPS) is 9.41. The Morgan fingerprint density at radius 2 is 1.65 bits per heavy atom. The molecular weight excluding hydrogens is 230 g/mol. The monoisotopic (exact) mass is 247 g/mol. The molecule has 0 fully saturated rings. The first-order valence-electron chi connectivity index (χ1n) is 5.65. The summed E-state index contributed by atoms with van der Waals surface area (Å²) < 4.78 is 0. The van der Waals surface area contributed by atoms with Gasteiger partial charge in [0.15, 0.2) is 0 Å². The minimum atomic E-state index is -0.0631. The maximum Gasteiger partial charge on any atom is 0.251 e. The molecule has 0 unspecified atom stereocenters. The predicted molar refractivity (Wildman–Crippen MR) is 75.9 cm³/mol. The van der Waals surface area contributed by atoms with E-state index in [1.165, 1.54) is 0 Å². The highest BCUT2D eigenvalue weighted by molar-refractivity contribution is 7.80. The zero-order chi connectivity index (χ0) is 12.8. The number of nitrogens with one attached hydrogen (secondary N) is 1. The van der Waals surface area contributed by atoms with Gasteiger partial charge in [0.05, 0.1) is 0 Å². The van der Waals surface area contributed by atoms with E-state index in [0.29, 0.717) is 5.56 Å². The number of rotatable bonds is 1. The van der Waals surface area contributed by atoms with Gasteiger partial charge in [0.2, 0.25) is 0 Å². The average molecular weight is 247 g/mol. The van der Waals surface area contributed by atoms with Crippen LogP contribution in [0.25, 0.3) is 10.8 Å². The van der Waals surface area contributed by atoms with E-state index in [4.69, 9.17) is 0 Å². The van der Waals surface area contributed by atoms with E-state index in [1.807, 2.05) is 50.2 Å². The van der Waals surface area contributed by atoms with Gasteiger partial charge >= 0.3 is 0 Å². The molecule has 0 aliphatic heterocycles. The molecule has 2 aromatic rings. The van der Waals surface area contributed by atoms with Crippen molar-refractivity contribution in [1.29, 1.82) is 0 Å². The molecule has 0 spiro atoms. The van der Waals surface area contributed by atoms with E-state index in [2.05, 4.69) is 17.9 Å². The molecule has 0 atom stereocenters. The van der Waals surface area contributed by atoms with E-state index < -0.39 is 0 Å². The van der Waals surface area contributed by atoms with E-state index >= 15 is 0 Å². The lowest BCUT2D eigenvalue weighted by Gasteiger charge is -2.03. The molecule has 0 saturated heterocycles. The molecule has 17 heavy (non-hydrogen) atoms. The van der Waals surface area contributed by atoms with Crippen LogP contribution in [0, 0.1) is 0 Å². The molecule has 0 saturated carbocycles. The number of benzene rings is 2. The molecule has 2 aromatic carbocycles. The Balaban J connectivity index is 0.000000686. The van der Waals surface area contributed by atoms with Gasteiger partial charge in [-0.1, -0.05) is 26.0 Å². The zero-order valence-corrected chi connectivity index (χ0v) is 11.2. The largest absolute Gasteiger partial charge is 0.355 e. The van der Waals surface area contributed by atoms with Crippen molar-refractivity contribution in [2.24, 2.45) is 0 Å². The molecule has 0 aromatic heterocycles. The fourth-order valence-corrected chi connectivity index (χ4v) is 1.73. The van der Waals surface area contributed by atoms with E-state index in [1.54, 1.807) is 7.05 Å². The van der Waals surface area contributed by atoms with Crippen molar-refractivity contribution in [1.82, 2.24) is 5.32 Å². The molecule has 1 N–H and O–H groups in total. The zero-order valence-electron chi connectivity index (χ0n) is 10.3. The van der Waals surface area contributed by atoms with Crippen LogP contribution in [0.2, 0.25) is 0 Å². The Kier molecular flexibility index (Phi) is 5.04. The molecule has 0 aliphatic rings. The Hall–Kier alpha value is -1.48. The van der Waals surface area contributed by atoms with Crippen LogP contribution in [0.1, 0.15) is 24.2 Å². The summed E-state index contributed by atoms with van der Waals surface area (Å²) in [7, 11) is 1.63. The summed E-state index contributed by atoms with van der Waals surface area (Å²) in [5.41, 5.74) is 0.678. The Bertz CT molecular complexity index is 523. The van der Waals surface area contributed by atoms with Crippen molar-refractivity contribution in [2.75, 3.05) is 7.05 Å². The van der Waals surface area contributed by atoms with Crippen LogP contribution in [0.15, 0.2) is 41.3 Å². The van der Waals surface area contributed by atoms with Gasteiger partial charge < -0.3 is 5.32 Å². The van der Waals surface area contributed by atoms with Gasteiger partial charge in [-0.2, -0.15) is 0 Å². The predicted octanol–water partition coefficient (Wildman–Crippen LogP) is 3.51. The second kappa shape index (κ2) is 6.30. The van der Waals surface area contributed by atoms with Crippen LogP contribution in [0.4, 0.5) is 0 Å². The maximum atomic E-state index is 11.4. The molecule has 2 rings (SSSR count). The maximum absolute atomic E-state index is 11.4. The Morgan fingerprint density at radius 3 is 2.29 bits per heavy atom. The van der Waals surface area contributed by atoms with Crippen molar-refractivity contribution < 1.29 is 4.79 Å². The lowest BCUT2D eigenvalue weighted by Crippen LogP contribution is -2.17. The number of carbonyl (C=O) groups is 1. The molecule has 90 valence electrons. The number of hydrogen-bond donors (Lipinski definition) is 2. The van der Waals surface area contributed by atoms with Crippen molar-refractivity contribution >= 4 is 29.3 Å². The van der Waals surface area contributed by atoms with Crippen molar-refractivity contribution in [2.45, 2.75) is 18.7 Å². The molecule has 0 bridgehead atoms. The van der Waals surface area contributed by atoms with Gasteiger partial charge in [0.25, 0.3) is 5.91 Å². The third-order valence-corrected chi connectivity index (χ3v) is 2.59. The van der Waals surface area contributed by atoms with Gasteiger partial charge in [-0.25, -0.2) is 0 Å². The summed E-state index contributed by atoms with van der Waals surface area (Å²) in [5.74, 6) is -0.0631. The van der Waals surface area contributed by atoms with Gasteiger partial charge in [0, 0.05) is 17.5 Å². The average Bonchev–Trinajstić information content (AvgIpc) is 2.39. The number of amides is 1. The summed E-state index contributed by atoms with van der Waals surface area (Å²) in [6.45, 7) is 4.00. The molecule has 0 radical (unpaired) electrons. The van der Waals surface area contributed by atoms with E-state index in [0.717, 1.165) is 15.7 Å². The first kappa shape index (κ1) is 13.6. The highest BCUT2D eigenvalue weighted by Crippen LogP contribution is 2.19. The van der Waals surface area contributed by atoms with Crippen LogP contribution < -0.4 is 5.32 Å². The molecular formula is C14H17NOS. The Labute approximate surface area is 107 Å². The van der Waals surface area contributed by atoms with Gasteiger partial charge in [-0.3, -0.25) is 4.79 Å². The molecule has 1 amide bonds. The minimum absolute atomic E-state index is 0.0631. The summed E-state index contributed by atoms with van der Waals surface area (Å²) in [6.07, 6.45) is 0. The molecule has 3 heteroatoms. The lowest BCUT2D eigenvalue weighted by molar-refractivity contribution is 0.0963. The summed E-state index contributed by atoms with van der Waals surface area (Å²) in [4.78, 5) is 12.3. The fourth-order valence-electron chi connectivity index (χ4n) is 1.52. The number of hydrogen-bond acceptors (Lipinski definition) is 2. The summed E-state index contributed by atoms with van der Waals surface area (Å²) in [6, 6.07) is 11.5. The topological polar surface area (TPSA) is 29.1 Å². The van der Waals surface area contributed by atoms with Crippen LogP contribution in [0.3, 0.4) is 0 Å². The standard InChI is InChI=1S/C12H11NOS.C2H6/c1-13-12(14)10-3-2-9-7-11(15)5-4-8(9)6-10;1-2/h2-7,15H,1H3,(H,13,14);1-2H3. The summed E-state index contributed by atoms with van der Waals surface area (Å²) in [5, 5.41) is 4.75. The summed E-state index contributed by atoms with van der Waals surface area (Å²) >= 11 is 4.27. The first-order valence-corrected chi connectivity index (χ1v) is 6.10. The van der Waals surface area contributed by atoms with Gasteiger partial charge in [-0.15, -0.1) is 12.6 Å². The lowest BCUT2D eigenvalue weighted by atomic mass is 10.1. The Morgan fingerprint density at radius 1 is 1.06 bits per heavy atom. The second-order valence-electron chi connectivity index (χ2n) is 3.33. The van der Waals surface area contributed by atoms with Crippen LogP contribution in [-0.2, 0) is 0 Å². The van der Waals surface area contributed by atoms with Gasteiger partial charge in [0.1, 0.15) is 0 Å². The van der Waals surface area contributed by atoms with Gasteiger partial charge in [-0.05, 0) is 35.0 Å². The van der Waals surface area contributed by atoms with Crippen molar-refractivity contribution in [3.63, 3.8) is 0 Å². The smallest absolute Gasteiger partial charge is 0.251 e. The third kappa shape index (κ3) is 3.24. The third-order valence-electron chi connectivity index (χ3n) is 2.31. The van der Waals surface area contributed by atoms with Crippen molar-refractivity contribution in [3.8, 4) is 0 Å². The molecule has 0 aliphatic carbocycles. The van der Waals surface area contributed by atoms with E-state index in [9.17, 15) is 4.79 Å². The van der Waals surface area contributed by atoms with E-state index in [-0.39, 0.29) is 5.91 Å². The minimum Gasteiger partial charge on any atom is -0.355 e. The number of thiol groups is 1. The van der Waals surface area contributed by atoms with Crippen LogP contribution in [0.5, 0.6) is 0 Å². The SMILES string of the molecule is CC.CNC(=O)c1ccc2cc(S)ccc2c1. The molecule has 0 heterocycles. The molecule has 2 nitrogen and oxygen atoms in total. The quantitative estimate of drug-likeness (QED) is 0.742. The fraction of sp³-hybridized carbons (Fsp3) is 0.214. The highest BCUT2D eigenvalue weighted by Gasteiger charge is 2.03. The van der Waals surface area contributed by atoms with Crippen molar-refractivity contribution in [3.05, 3.63) is 42.0 Å². The first-order chi connectivity index (χ1) is 8.20. The van der Waals surface area contributed by atoms with Crippen LogP contribution in [-0.4, -0.2) is 13.0 Å². The number of fused-ring (bicyclic) bond motifs is 1. The van der Waals surface area contributed by atoms with Crippen LogP contribution >= 0.6 is 12.6 Å². The second-order valence-corrected chi connectivity index (χ2v) is 3.84. The number of carbonyl (C=O) groups excluding carboxylic acids is 1. The highest BCUT2D eigenvalue weighted by atomic mass is 32.1.